The molecule has 1 aromatic carbocycles. The molecule has 0 radical (unpaired) electrons. The quantitative estimate of drug-likeness (QED) is 0.780. The zero-order valence-electron chi connectivity index (χ0n) is 12.1. The minimum Gasteiger partial charge on any atom is -0.354 e. The van der Waals surface area contributed by atoms with Crippen LogP contribution in [0, 0.1) is 5.92 Å². The first-order valence-corrected chi connectivity index (χ1v) is 7.24. The third-order valence-corrected chi connectivity index (χ3v) is 3.50. The third kappa shape index (κ3) is 4.08. The van der Waals surface area contributed by atoms with E-state index in [2.05, 4.69) is 24.5 Å². The van der Waals surface area contributed by atoms with Gasteiger partial charge in [0.15, 0.2) is 0 Å². The molecule has 1 saturated carbocycles. The van der Waals surface area contributed by atoms with Crippen molar-refractivity contribution in [2.24, 2.45) is 5.92 Å². The fraction of sp³-hybridized carbons (Fsp3) is 0.500. The van der Waals surface area contributed by atoms with Gasteiger partial charge in [0.05, 0.1) is 0 Å². The molecular formula is C16H22N2O2. The van der Waals surface area contributed by atoms with Crippen LogP contribution < -0.4 is 10.6 Å². The van der Waals surface area contributed by atoms with Crippen LogP contribution in [0.5, 0.6) is 0 Å². The van der Waals surface area contributed by atoms with Gasteiger partial charge >= 0.3 is 0 Å². The Hall–Kier alpha value is -1.84. The summed E-state index contributed by atoms with van der Waals surface area (Å²) in [5, 5.41) is 5.63. The lowest BCUT2D eigenvalue weighted by Gasteiger charge is -2.08. The highest BCUT2D eigenvalue weighted by atomic mass is 16.2. The van der Waals surface area contributed by atoms with Gasteiger partial charge in [0.2, 0.25) is 5.91 Å². The second-order valence-electron chi connectivity index (χ2n) is 5.60. The fourth-order valence-electron chi connectivity index (χ4n) is 1.97. The van der Waals surface area contributed by atoms with Crippen LogP contribution in [0.1, 0.15) is 48.5 Å². The Morgan fingerprint density at radius 2 is 1.70 bits per heavy atom. The number of amides is 2. The van der Waals surface area contributed by atoms with Crippen molar-refractivity contribution in [3.05, 3.63) is 35.4 Å². The molecule has 4 nitrogen and oxygen atoms in total. The summed E-state index contributed by atoms with van der Waals surface area (Å²) in [6.07, 6.45) is 2.00. The van der Waals surface area contributed by atoms with Gasteiger partial charge in [-0.1, -0.05) is 26.0 Å². The molecule has 1 aromatic rings. The van der Waals surface area contributed by atoms with Crippen molar-refractivity contribution in [3.8, 4) is 0 Å². The van der Waals surface area contributed by atoms with E-state index < -0.39 is 0 Å². The number of nitrogens with one attached hydrogen (secondary N) is 2. The summed E-state index contributed by atoms with van der Waals surface area (Å²) in [4.78, 5) is 23.3. The summed E-state index contributed by atoms with van der Waals surface area (Å²) in [5.41, 5.74) is 1.88. The molecule has 0 atom stereocenters. The van der Waals surface area contributed by atoms with Crippen LogP contribution in [0.2, 0.25) is 0 Å². The fourth-order valence-corrected chi connectivity index (χ4v) is 1.97. The molecule has 4 heteroatoms. The Balaban J connectivity index is 1.72. The van der Waals surface area contributed by atoms with Gasteiger partial charge in [-0.2, -0.15) is 0 Å². The summed E-state index contributed by atoms with van der Waals surface area (Å²) >= 11 is 0. The number of hydrogen-bond donors (Lipinski definition) is 2. The molecule has 2 amide bonds. The van der Waals surface area contributed by atoms with Gasteiger partial charge in [-0.3, -0.25) is 9.59 Å². The van der Waals surface area contributed by atoms with Gasteiger partial charge in [-0.25, -0.2) is 0 Å². The minimum atomic E-state index is -0.0963. The molecule has 0 bridgehead atoms. The van der Waals surface area contributed by atoms with Crippen LogP contribution in [0.3, 0.4) is 0 Å². The standard InChI is InChI=1S/C16H22N2O2/c1-11(2)12-3-5-13(6-4-12)15(19)17-9-10-18-16(20)14-7-8-14/h3-6,11,14H,7-10H2,1-2H3,(H,17,19)(H,18,20). The molecule has 0 unspecified atom stereocenters. The first-order valence-electron chi connectivity index (χ1n) is 7.24. The molecule has 2 N–H and O–H groups in total. The van der Waals surface area contributed by atoms with Gasteiger partial charge in [-0.15, -0.1) is 0 Å². The predicted molar refractivity (Wildman–Crippen MR) is 78.6 cm³/mol. The highest BCUT2D eigenvalue weighted by Gasteiger charge is 2.28. The smallest absolute Gasteiger partial charge is 0.251 e. The van der Waals surface area contributed by atoms with E-state index in [9.17, 15) is 9.59 Å². The maximum atomic E-state index is 11.9. The van der Waals surface area contributed by atoms with Crippen molar-refractivity contribution >= 4 is 11.8 Å². The number of carbonyl (C=O) groups excluding carboxylic acids is 2. The van der Waals surface area contributed by atoms with Crippen molar-refractivity contribution in [3.63, 3.8) is 0 Å². The van der Waals surface area contributed by atoms with E-state index in [0.29, 0.717) is 24.6 Å². The van der Waals surface area contributed by atoms with Gasteiger partial charge < -0.3 is 10.6 Å². The van der Waals surface area contributed by atoms with Crippen LogP contribution in [0.4, 0.5) is 0 Å². The molecule has 20 heavy (non-hydrogen) atoms. The molecule has 0 aromatic heterocycles. The van der Waals surface area contributed by atoms with Crippen molar-refractivity contribution in [1.29, 1.82) is 0 Å². The number of benzene rings is 1. The van der Waals surface area contributed by atoms with E-state index >= 15 is 0 Å². The zero-order chi connectivity index (χ0) is 14.5. The second kappa shape index (κ2) is 6.55. The Kier molecular flexibility index (Phi) is 4.77. The van der Waals surface area contributed by atoms with E-state index in [-0.39, 0.29) is 17.7 Å². The highest BCUT2D eigenvalue weighted by molar-refractivity contribution is 5.94. The van der Waals surface area contributed by atoms with Crippen LogP contribution in [0.25, 0.3) is 0 Å². The van der Waals surface area contributed by atoms with Crippen LogP contribution in [0.15, 0.2) is 24.3 Å². The first kappa shape index (κ1) is 14.6. The lowest BCUT2D eigenvalue weighted by atomic mass is 10.0. The minimum absolute atomic E-state index is 0.0963. The van der Waals surface area contributed by atoms with E-state index in [1.54, 1.807) is 0 Å². The second-order valence-corrected chi connectivity index (χ2v) is 5.60. The molecule has 0 heterocycles. The summed E-state index contributed by atoms with van der Waals surface area (Å²) in [6.45, 7) is 5.20. The average molecular weight is 274 g/mol. The van der Waals surface area contributed by atoms with Gasteiger partial charge in [-0.05, 0) is 36.5 Å². The van der Waals surface area contributed by atoms with Crippen molar-refractivity contribution in [2.45, 2.75) is 32.6 Å². The van der Waals surface area contributed by atoms with E-state index in [1.165, 1.54) is 5.56 Å². The number of carbonyl (C=O) groups is 2. The van der Waals surface area contributed by atoms with E-state index in [0.717, 1.165) is 12.8 Å². The van der Waals surface area contributed by atoms with Gasteiger partial charge in [0, 0.05) is 24.6 Å². The summed E-state index contributed by atoms with van der Waals surface area (Å²) in [5.74, 6) is 0.695. The molecule has 0 spiro atoms. The Morgan fingerprint density at radius 3 is 2.25 bits per heavy atom. The van der Waals surface area contributed by atoms with Crippen LogP contribution in [-0.4, -0.2) is 24.9 Å². The third-order valence-electron chi connectivity index (χ3n) is 3.50. The topological polar surface area (TPSA) is 58.2 Å². The Bertz CT molecular complexity index is 476. The van der Waals surface area contributed by atoms with Crippen molar-refractivity contribution < 1.29 is 9.59 Å². The normalized spacial score (nSPS) is 14.2. The number of rotatable bonds is 6. The summed E-state index contributed by atoms with van der Waals surface area (Å²) < 4.78 is 0. The molecule has 1 fully saturated rings. The molecule has 0 saturated heterocycles. The highest BCUT2D eigenvalue weighted by Crippen LogP contribution is 2.28. The summed E-state index contributed by atoms with van der Waals surface area (Å²) in [7, 11) is 0. The maximum absolute atomic E-state index is 11.9. The van der Waals surface area contributed by atoms with Gasteiger partial charge in [0.1, 0.15) is 0 Å². The van der Waals surface area contributed by atoms with Crippen LogP contribution in [-0.2, 0) is 4.79 Å². The molecule has 1 aliphatic carbocycles. The molecule has 0 aliphatic heterocycles. The van der Waals surface area contributed by atoms with E-state index in [4.69, 9.17) is 0 Å². The first-order chi connectivity index (χ1) is 9.58. The average Bonchev–Trinajstić information content (AvgIpc) is 3.27. The SMILES string of the molecule is CC(C)c1ccc(C(=O)NCCNC(=O)C2CC2)cc1. The number of hydrogen-bond acceptors (Lipinski definition) is 2. The zero-order valence-corrected chi connectivity index (χ0v) is 12.1. The maximum Gasteiger partial charge on any atom is 0.251 e. The Labute approximate surface area is 119 Å². The lowest BCUT2D eigenvalue weighted by molar-refractivity contribution is -0.122. The van der Waals surface area contributed by atoms with Crippen LogP contribution >= 0.6 is 0 Å². The van der Waals surface area contributed by atoms with E-state index in [1.807, 2.05) is 24.3 Å². The van der Waals surface area contributed by atoms with Crippen molar-refractivity contribution in [2.75, 3.05) is 13.1 Å². The molecule has 2 rings (SSSR count). The Morgan fingerprint density at radius 1 is 1.10 bits per heavy atom. The molecule has 108 valence electrons. The van der Waals surface area contributed by atoms with Gasteiger partial charge in [0.25, 0.3) is 5.91 Å². The molecular weight excluding hydrogens is 252 g/mol. The monoisotopic (exact) mass is 274 g/mol. The summed E-state index contributed by atoms with van der Waals surface area (Å²) in [6, 6.07) is 7.64. The predicted octanol–water partition coefficient (Wildman–Crippen LogP) is 2.07. The largest absolute Gasteiger partial charge is 0.354 e. The van der Waals surface area contributed by atoms with Crippen molar-refractivity contribution in [1.82, 2.24) is 10.6 Å². The molecule has 1 aliphatic rings. The lowest BCUT2D eigenvalue weighted by Crippen LogP contribution is -2.35.